The summed E-state index contributed by atoms with van der Waals surface area (Å²) in [6.45, 7) is 0. The van der Waals surface area contributed by atoms with Crippen molar-refractivity contribution in [3.8, 4) is 11.1 Å². The Morgan fingerprint density at radius 2 is 1.00 bits per heavy atom. The van der Waals surface area contributed by atoms with Gasteiger partial charge in [0, 0.05) is 0 Å². The summed E-state index contributed by atoms with van der Waals surface area (Å²) in [5.74, 6) is -4.44. The summed E-state index contributed by atoms with van der Waals surface area (Å²) < 4.78 is 50.9. The van der Waals surface area contributed by atoms with Crippen LogP contribution in [-0.2, 0) is 0 Å². The number of benzene rings is 2. The molecule has 16 heavy (non-hydrogen) atoms. The first-order valence-electron chi connectivity index (χ1n) is 4.33. The van der Waals surface area contributed by atoms with Crippen LogP contribution in [0.25, 0.3) is 11.1 Å². The van der Waals surface area contributed by atoms with Crippen LogP contribution in [0.4, 0.5) is 17.6 Å². The number of rotatable bonds is 1. The van der Waals surface area contributed by atoms with Crippen molar-refractivity contribution in [3.63, 3.8) is 0 Å². The second-order valence-electron chi connectivity index (χ2n) is 3.07. The molecule has 0 aromatic heterocycles. The predicted octanol–water partition coefficient (Wildman–Crippen LogP) is 3.51. The van der Waals surface area contributed by atoms with E-state index in [-0.39, 0.29) is 11.1 Å². The molecule has 0 radical (unpaired) electrons. The second kappa shape index (κ2) is 3.96. The van der Waals surface area contributed by atoms with Crippen LogP contribution in [0.1, 0.15) is 0 Å². The van der Waals surface area contributed by atoms with Gasteiger partial charge in [0.05, 0.1) is 23.3 Å². The van der Waals surface area contributed by atoms with Gasteiger partial charge in [-0.2, -0.15) is 24.3 Å². The van der Waals surface area contributed by atoms with Crippen LogP contribution in [-0.4, -0.2) is 0 Å². The highest BCUT2D eigenvalue weighted by molar-refractivity contribution is 5.62. The van der Waals surface area contributed by atoms with Crippen LogP contribution in [0.2, 0.25) is 0 Å². The number of hydrogen-bond acceptors (Lipinski definition) is 0. The summed E-state index contributed by atoms with van der Waals surface area (Å²) in [4.78, 5) is 0. The molecule has 2 aromatic carbocycles. The van der Waals surface area contributed by atoms with E-state index in [2.05, 4.69) is 12.1 Å². The molecule has 0 spiro atoms. The zero-order valence-corrected chi connectivity index (χ0v) is 7.82. The lowest BCUT2D eigenvalue weighted by atomic mass is 10.1. The van der Waals surface area contributed by atoms with E-state index >= 15 is 0 Å². The Hall–Kier alpha value is -1.84. The molecule has 0 atom stereocenters. The molecule has 0 saturated heterocycles. The number of hydrogen-bond donors (Lipinski definition) is 0. The number of halogens is 4. The lowest BCUT2D eigenvalue weighted by Crippen LogP contribution is -1.89. The molecule has 0 bridgehead atoms. The molecule has 82 valence electrons. The van der Waals surface area contributed by atoms with Gasteiger partial charge >= 0.3 is 0 Å². The van der Waals surface area contributed by atoms with Gasteiger partial charge in [0.25, 0.3) is 0 Å². The van der Waals surface area contributed by atoms with Crippen LogP contribution in [0.15, 0.2) is 24.3 Å². The Morgan fingerprint density at radius 3 is 1.31 bits per heavy atom. The molecule has 0 unspecified atom stereocenters. The van der Waals surface area contributed by atoms with Crippen LogP contribution >= 0.6 is 0 Å². The highest BCUT2D eigenvalue weighted by atomic mass is 19.2. The minimum Gasteiger partial charge on any atom is -0.262 e. The molecule has 2 aromatic rings. The maximum absolute atomic E-state index is 12.8. The van der Waals surface area contributed by atoms with Crippen LogP contribution in [0.5, 0.6) is 0 Å². The van der Waals surface area contributed by atoms with Gasteiger partial charge in [-0.15, -0.1) is 12.1 Å². The fourth-order valence-corrected chi connectivity index (χ4v) is 1.21. The Labute approximate surface area is 89.2 Å². The molecule has 0 nitrogen and oxygen atoms in total. The lowest BCUT2D eigenvalue weighted by Gasteiger charge is -2.17. The molecule has 0 aliphatic rings. The Kier molecular flexibility index (Phi) is 2.64. The first-order chi connectivity index (χ1) is 7.58. The predicted molar refractivity (Wildman–Crippen MR) is 49.4 cm³/mol. The van der Waals surface area contributed by atoms with Gasteiger partial charge in [0.1, 0.15) is 0 Å². The largest absolute Gasteiger partial charge is 0.262 e. The smallest absolute Gasteiger partial charge is 0.0713 e. The van der Waals surface area contributed by atoms with Crippen molar-refractivity contribution < 1.29 is 17.6 Å². The van der Waals surface area contributed by atoms with E-state index in [0.717, 1.165) is 12.1 Å². The molecule has 0 amide bonds. The normalized spacial score (nSPS) is 10.5. The summed E-state index contributed by atoms with van der Waals surface area (Å²) in [5, 5.41) is 0. The average Bonchev–Trinajstić information content (AvgIpc) is 2.26. The molecule has 0 fully saturated rings. The maximum atomic E-state index is 12.8. The third-order valence-electron chi connectivity index (χ3n) is 1.99. The zero-order valence-electron chi connectivity index (χ0n) is 7.82. The molecule has 0 heterocycles. The van der Waals surface area contributed by atoms with Crippen molar-refractivity contribution in [1.29, 1.82) is 0 Å². The van der Waals surface area contributed by atoms with Crippen LogP contribution in [0, 0.1) is 35.4 Å². The van der Waals surface area contributed by atoms with Gasteiger partial charge < -0.3 is 0 Å². The maximum Gasteiger partial charge on any atom is 0.0713 e. The zero-order chi connectivity index (χ0) is 11.7. The Bertz CT molecular complexity index is 485. The highest BCUT2D eigenvalue weighted by Gasteiger charge is 1.94. The summed E-state index contributed by atoms with van der Waals surface area (Å²) in [7, 11) is 0. The monoisotopic (exact) mass is 224 g/mol. The molecular weight excluding hydrogens is 220 g/mol. The van der Waals surface area contributed by atoms with E-state index in [0.29, 0.717) is 0 Å². The molecule has 0 N–H and O–H groups in total. The van der Waals surface area contributed by atoms with Crippen molar-refractivity contribution in [2.24, 2.45) is 0 Å². The van der Waals surface area contributed by atoms with E-state index in [4.69, 9.17) is 0 Å². The summed E-state index contributed by atoms with van der Waals surface area (Å²) in [6, 6.07) is 8.34. The van der Waals surface area contributed by atoms with E-state index in [1.54, 1.807) is 0 Å². The third kappa shape index (κ3) is 1.91. The first-order valence-corrected chi connectivity index (χ1v) is 4.33. The molecule has 0 aliphatic heterocycles. The first kappa shape index (κ1) is 10.7. The minimum absolute atomic E-state index is 0.109. The lowest BCUT2D eigenvalue weighted by molar-refractivity contribution is 0.506. The van der Waals surface area contributed by atoms with Gasteiger partial charge in [0.2, 0.25) is 0 Å². The SMILES string of the molecule is Fc1[c-]c(-c2[c-]c(F)c(F)cc2)ccc1F. The summed E-state index contributed by atoms with van der Waals surface area (Å²) >= 11 is 0. The fraction of sp³-hybridized carbons (Fsp3) is 0. The Morgan fingerprint density at radius 1 is 0.625 bits per heavy atom. The topological polar surface area (TPSA) is 0 Å². The van der Waals surface area contributed by atoms with Crippen molar-refractivity contribution in [2.75, 3.05) is 0 Å². The second-order valence-corrected chi connectivity index (χ2v) is 3.07. The van der Waals surface area contributed by atoms with Crippen LogP contribution < -0.4 is 0 Å². The summed E-state index contributed by atoms with van der Waals surface area (Å²) in [6.07, 6.45) is 0. The molecule has 0 aliphatic carbocycles. The molecular formula is C12H4F4-2. The van der Waals surface area contributed by atoms with Crippen molar-refractivity contribution >= 4 is 0 Å². The van der Waals surface area contributed by atoms with Gasteiger partial charge in [-0.3, -0.25) is 8.78 Å². The van der Waals surface area contributed by atoms with Crippen molar-refractivity contribution in [1.82, 2.24) is 0 Å². The molecule has 0 saturated carbocycles. The average molecular weight is 224 g/mol. The van der Waals surface area contributed by atoms with Gasteiger partial charge in [-0.25, -0.2) is 19.9 Å². The van der Waals surface area contributed by atoms with E-state index in [1.807, 2.05) is 0 Å². The quantitative estimate of drug-likeness (QED) is 0.513. The van der Waals surface area contributed by atoms with Crippen molar-refractivity contribution in [3.05, 3.63) is 59.7 Å². The fourth-order valence-electron chi connectivity index (χ4n) is 1.21. The van der Waals surface area contributed by atoms with Gasteiger partial charge in [0.15, 0.2) is 0 Å². The summed E-state index contributed by atoms with van der Waals surface area (Å²) in [5.41, 5.74) is 0.218. The molecule has 4 heteroatoms. The van der Waals surface area contributed by atoms with E-state index < -0.39 is 23.3 Å². The van der Waals surface area contributed by atoms with Crippen molar-refractivity contribution in [2.45, 2.75) is 0 Å². The van der Waals surface area contributed by atoms with Gasteiger partial charge in [-0.05, 0) is 0 Å². The standard InChI is InChI=1S/C12H4F4/c13-9-3-1-7(5-11(9)15)8-2-4-10(14)12(16)6-8/h1-4H/q-2. The highest BCUT2D eigenvalue weighted by Crippen LogP contribution is 2.22. The Balaban J connectivity index is 2.50. The van der Waals surface area contributed by atoms with E-state index in [9.17, 15) is 17.6 Å². The minimum atomic E-state index is -1.17. The van der Waals surface area contributed by atoms with Gasteiger partial charge in [-0.1, -0.05) is 0 Å². The third-order valence-corrected chi connectivity index (χ3v) is 1.99. The molecule has 2 rings (SSSR count). The van der Waals surface area contributed by atoms with Crippen LogP contribution in [0.3, 0.4) is 0 Å². The van der Waals surface area contributed by atoms with E-state index in [1.165, 1.54) is 12.1 Å².